The number of benzene rings is 2. The van der Waals surface area contributed by atoms with Crippen molar-refractivity contribution < 1.29 is 9.59 Å². The molecule has 0 atom stereocenters. The van der Waals surface area contributed by atoms with Crippen molar-refractivity contribution >= 4 is 22.6 Å². The summed E-state index contributed by atoms with van der Waals surface area (Å²) in [6.07, 6.45) is 0. The van der Waals surface area contributed by atoms with Gasteiger partial charge in [-0.25, -0.2) is 4.68 Å². The summed E-state index contributed by atoms with van der Waals surface area (Å²) in [5.74, 6) is -1.02. The first-order valence-corrected chi connectivity index (χ1v) is 8.58. The molecule has 3 aromatic rings. The van der Waals surface area contributed by atoms with Gasteiger partial charge in [0.2, 0.25) is 0 Å². The third-order valence-electron chi connectivity index (χ3n) is 4.21. The molecular weight excluding hydrogens is 344 g/mol. The molecule has 2 amide bonds. The number of carbonyl (C=O) groups excluding carboxylic acids is 2. The van der Waals surface area contributed by atoms with Gasteiger partial charge in [0.15, 0.2) is 5.69 Å². The third-order valence-corrected chi connectivity index (χ3v) is 4.21. The van der Waals surface area contributed by atoms with E-state index in [1.165, 1.54) is 4.68 Å². The molecule has 0 saturated carbocycles. The first kappa shape index (κ1) is 18.3. The molecule has 7 heteroatoms. The number of aromatic nitrogens is 2. The summed E-state index contributed by atoms with van der Waals surface area (Å²) in [5, 5.41) is 5.04. The van der Waals surface area contributed by atoms with E-state index in [9.17, 15) is 14.4 Å². The lowest BCUT2D eigenvalue weighted by Crippen LogP contribution is -2.43. The second-order valence-corrected chi connectivity index (χ2v) is 6.46. The Morgan fingerprint density at radius 2 is 1.52 bits per heavy atom. The highest BCUT2D eigenvalue weighted by Crippen LogP contribution is 2.14. The number of rotatable bonds is 3. The van der Waals surface area contributed by atoms with Crippen molar-refractivity contribution in [1.29, 1.82) is 0 Å². The summed E-state index contributed by atoms with van der Waals surface area (Å²) < 4.78 is 1.26. The van der Waals surface area contributed by atoms with Crippen LogP contribution in [0, 0.1) is 6.92 Å². The fourth-order valence-electron chi connectivity index (χ4n) is 2.79. The maximum atomic E-state index is 12.7. The van der Waals surface area contributed by atoms with Crippen LogP contribution in [0.15, 0.2) is 53.3 Å². The van der Waals surface area contributed by atoms with Crippen molar-refractivity contribution in [3.8, 4) is 0 Å². The van der Waals surface area contributed by atoms with Crippen LogP contribution in [0.2, 0.25) is 0 Å². The van der Waals surface area contributed by atoms with Gasteiger partial charge in [-0.1, -0.05) is 36.4 Å². The highest BCUT2D eigenvalue weighted by atomic mass is 16.2. The molecule has 0 aliphatic rings. The Bertz CT molecular complexity index is 1090. The smallest absolute Gasteiger partial charge is 0.267 e. The van der Waals surface area contributed by atoms with Crippen LogP contribution in [0.5, 0.6) is 0 Å². The molecule has 0 aliphatic heterocycles. The van der Waals surface area contributed by atoms with Gasteiger partial charge in [-0.2, -0.15) is 5.10 Å². The van der Waals surface area contributed by atoms with E-state index in [-0.39, 0.29) is 17.3 Å². The Morgan fingerprint density at radius 3 is 2.19 bits per heavy atom. The van der Waals surface area contributed by atoms with Gasteiger partial charge in [-0.05, 0) is 38.5 Å². The topological polar surface area (TPSA) is 93.1 Å². The van der Waals surface area contributed by atoms with E-state index in [0.29, 0.717) is 16.3 Å². The number of hydrogen-bond donors (Lipinski definition) is 2. The van der Waals surface area contributed by atoms with Crippen molar-refractivity contribution in [3.63, 3.8) is 0 Å². The zero-order chi connectivity index (χ0) is 19.6. The molecule has 2 N–H and O–H groups in total. The van der Waals surface area contributed by atoms with Gasteiger partial charge >= 0.3 is 0 Å². The standard InChI is InChI=1S/C20H20N4O3/c1-12(2)24-20(27)16-11-7-6-10-15(16)17(23-24)19(26)22-21-18(25)14-9-5-4-8-13(14)3/h4-12H,1-3H3,(H,21,25)(H,22,26). The van der Waals surface area contributed by atoms with E-state index in [1.807, 2.05) is 32.9 Å². The average molecular weight is 364 g/mol. The second kappa shape index (κ2) is 7.41. The van der Waals surface area contributed by atoms with Crippen molar-refractivity contribution in [2.24, 2.45) is 0 Å². The van der Waals surface area contributed by atoms with E-state index in [1.54, 1.807) is 36.4 Å². The number of hydrazine groups is 1. The third kappa shape index (κ3) is 3.57. The summed E-state index contributed by atoms with van der Waals surface area (Å²) in [6.45, 7) is 5.43. The van der Waals surface area contributed by atoms with Crippen molar-refractivity contribution in [3.05, 3.63) is 75.7 Å². The molecule has 0 spiro atoms. The van der Waals surface area contributed by atoms with E-state index < -0.39 is 11.8 Å². The summed E-state index contributed by atoms with van der Waals surface area (Å²) in [6, 6.07) is 13.6. The Kier molecular flexibility index (Phi) is 5.03. The molecule has 7 nitrogen and oxygen atoms in total. The van der Waals surface area contributed by atoms with Crippen LogP contribution in [0.3, 0.4) is 0 Å². The minimum Gasteiger partial charge on any atom is -0.267 e. The lowest BCUT2D eigenvalue weighted by Gasteiger charge is -2.14. The van der Waals surface area contributed by atoms with Crippen molar-refractivity contribution in [2.75, 3.05) is 0 Å². The van der Waals surface area contributed by atoms with Crippen LogP contribution < -0.4 is 16.4 Å². The number of carbonyl (C=O) groups is 2. The van der Waals surface area contributed by atoms with Crippen LogP contribution >= 0.6 is 0 Å². The number of nitrogens with zero attached hydrogens (tertiary/aromatic N) is 2. The number of hydrogen-bond acceptors (Lipinski definition) is 4. The molecule has 0 saturated heterocycles. The Balaban J connectivity index is 1.92. The number of amides is 2. The Labute approximate surface area is 156 Å². The Morgan fingerprint density at radius 1 is 0.926 bits per heavy atom. The highest BCUT2D eigenvalue weighted by molar-refractivity contribution is 6.06. The van der Waals surface area contributed by atoms with Gasteiger partial charge in [-0.15, -0.1) is 0 Å². The van der Waals surface area contributed by atoms with Gasteiger partial charge in [0.1, 0.15) is 0 Å². The zero-order valence-corrected chi connectivity index (χ0v) is 15.3. The molecule has 0 fully saturated rings. The van der Waals surface area contributed by atoms with Crippen LogP contribution in [0.4, 0.5) is 0 Å². The molecule has 0 radical (unpaired) electrons. The quantitative estimate of drug-likeness (QED) is 0.698. The van der Waals surface area contributed by atoms with Crippen LogP contribution in [0.25, 0.3) is 10.8 Å². The molecule has 3 rings (SSSR count). The lowest BCUT2D eigenvalue weighted by molar-refractivity contribution is 0.0843. The SMILES string of the molecule is Cc1ccccc1C(=O)NNC(=O)c1nn(C(C)C)c(=O)c2ccccc12. The predicted molar refractivity (Wildman–Crippen MR) is 102 cm³/mol. The average Bonchev–Trinajstić information content (AvgIpc) is 2.66. The van der Waals surface area contributed by atoms with E-state index in [2.05, 4.69) is 16.0 Å². The molecule has 0 unspecified atom stereocenters. The number of nitrogens with one attached hydrogen (secondary N) is 2. The molecule has 27 heavy (non-hydrogen) atoms. The molecule has 1 heterocycles. The molecule has 1 aromatic heterocycles. The van der Waals surface area contributed by atoms with Gasteiger partial charge in [-0.3, -0.25) is 25.2 Å². The number of aryl methyl sites for hydroxylation is 1. The maximum absolute atomic E-state index is 12.7. The summed E-state index contributed by atoms with van der Waals surface area (Å²) in [5.41, 5.74) is 5.85. The van der Waals surface area contributed by atoms with Crippen LogP contribution in [-0.2, 0) is 0 Å². The maximum Gasteiger partial charge on any atom is 0.290 e. The van der Waals surface area contributed by atoms with E-state index in [0.717, 1.165) is 5.56 Å². The fraction of sp³-hybridized carbons (Fsp3) is 0.200. The summed E-state index contributed by atoms with van der Waals surface area (Å²) in [7, 11) is 0. The number of fused-ring (bicyclic) bond motifs is 1. The molecule has 0 aliphatic carbocycles. The summed E-state index contributed by atoms with van der Waals surface area (Å²) in [4.78, 5) is 37.5. The zero-order valence-electron chi connectivity index (χ0n) is 15.3. The summed E-state index contributed by atoms with van der Waals surface area (Å²) >= 11 is 0. The lowest BCUT2D eigenvalue weighted by atomic mass is 10.1. The van der Waals surface area contributed by atoms with Crippen LogP contribution in [0.1, 0.15) is 46.3 Å². The van der Waals surface area contributed by atoms with Crippen LogP contribution in [-0.4, -0.2) is 21.6 Å². The van der Waals surface area contributed by atoms with E-state index >= 15 is 0 Å². The van der Waals surface area contributed by atoms with E-state index in [4.69, 9.17) is 0 Å². The monoisotopic (exact) mass is 364 g/mol. The normalized spacial score (nSPS) is 10.8. The second-order valence-electron chi connectivity index (χ2n) is 6.46. The fourth-order valence-corrected chi connectivity index (χ4v) is 2.79. The Hall–Kier alpha value is -3.48. The van der Waals surface area contributed by atoms with Gasteiger partial charge in [0.05, 0.1) is 11.4 Å². The first-order valence-electron chi connectivity index (χ1n) is 8.58. The molecule has 138 valence electrons. The van der Waals surface area contributed by atoms with Crippen molar-refractivity contribution in [1.82, 2.24) is 20.6 Å². The highest BCUT2D eigenvalue weighted by Gasteiger charge is 2.18. The minimum absolute atomic E-state index is 0.0731. The van der Waals surface area contributed by atoms with Crippen molar-refractivity contribution in [2.45, 2.75) is 26.8 Å². The minimum atomic E-state index is -0.595. The predicted octanol–water partition coefficient (Wildman–Crippen LogP) is 2.36. The molecule has 2 aromatic carbocycles. The molecule has 0 bridgehead atoms. The van der Waals surface area contributed by atoms with Gasteiger partial charge in [0, 0.05) is 10.9 Å². The molecular formula is C20H20N4O3. The largest absolute Gasteiger partial charge is 0.290 e. The van der Waals surface area contributed by atoms with Gasteiger partial charge in [0.25, 0.3) is 17.4 Å². The van der Waals surface area contributed by atoms with Gasteiger partial charge < -0.3 is 0 Å². The first-order chi connectivity index (χ1) is 12.9.